The van der Waals surface area contributed by atoms with Gasteiger partial charge in [-0.2, -0.15) is 0 Å². The Balaban J connectivity index is 2.13. The summed E-state index contributed by atoms with van der Waals surface area (Å²) in [5, 5.41) is 10.8. The Bertz CT molecular complexity index is 403. The van der Waals surface area contributed by atoms with E-state index < -0.39 is 5.60 Å². The smallest absolute Gasteiger partial charge is 0.105 e. The van der Waals surface area contributed by atoms with Crippen molar-refractivity contribution >= 4 is 0 Å². The van der Waals surface area contributed by atoms with Crippen LogP contribution >= 0.6 is 0 Å². The number of nitrogens with two attached hydrogens (primary N) is 1. The molecule has 3 unspecified atom stereocenters. The predicted molar refractivity (Wildman–Crippen MR) is 64.1 cm³/mol. The summed E-state index contributed by atoms with van der Waals surface area (Å²) in [6.45, 7) is 0.352. The molecule has 86 valence electrons. The van der Waals surface area contributed by atoms with Gasteiger partial charge >= 0.3 is 0 Å². The van der Waals surface area contributed by atoms with Gasteiger partial charge in [0.1, 0.15) is 5.60 Å². The Kier molecular flexibility index (Phi) is 2.30. The van der Waals surface area contributed by atoms with E-state index in [9.17, 15) is 5.11 Å². The summed E-state index contributed by atoms with van der Waals surface area (Å²) >= 11 is 0. The van der Waals surface area contributed by atoms with Gasteiger partial charge in [0.15, 0.2) is 0 Å². The summed E-state index contributed by atoms with van der Waals surface area (Å²) in [6.07, 6.45) is 4.85. The molecule has 1 fully saturated rings. The van der Waals surface area contributed by atoms with Gasteiger partial charge in [0.2, 0.25) is 0 Å². The van der Waals surface area contributed by atoms with E-state index in [0.717, 1.165) is 12.0 Å². The minimum absolute atomic E-state index is 0.351. The molecule has 2 heteroatoms. The molecule has 0 bridgehead atoms. The van der Waals surface area contributed by atoms with E-state index in [2.05, 4.69) is 18.2 Å². The summed E-state index contributed by atoms with van der Waals surface area (Å²) in [7, 11) is 0. The number of benzene rings is 1. The fraction of sp³-hybridized carbons (Fsp3) is 0.571. The van der Waals surface area contributed by atoms with Crippen LogP contribution in [0.1, 0.15) is 42.7 Å². The summed E-state index contributed by atoms with van der Waals surface area (Å²) in [4.78, 5) is 0. The summed E-state index contributed by atoms with van der Waals surface area (Å²) in [6, 6.07) is 8.32. The molecule has 1 saturated carbocycles. The molecule has 2 nitrogen and oxygen atoms in total. The molecule has 2 aliphatic carbocycles. The second-order valence-electron chi connectivity index (χ2n) is 5.21. The number of hydrogen-bond acceptors (Lipinski definition) is 2. The SMILES string of the molecule is NCC1(O)c2ccccc2C2CCCCC21. The highest BCUT2D eigenvalue weighted by atomic mass is 16.3. The topological polar surface area (TPSA) is 46.2 Å². The minimum Gasteiger partial charge on any atom is -0.384 e. The summed E-state index contributed by atoms with van der Waals surface area (Å²) in [5.74, 6) is 0.891. The first-order valence-corrected chi connectivity index (χ1v) is 6.29. The van der Waals surface area contributed by atoms with E-state index in [1.54, 1.807) is 0 Å². The zero-order valence-electron chi connectivity index (χ0n) is 9.52. The van der Waals surface area contributed by atoms with Gasteiger partial charge in [-0.1, -0.05) is 37.1 Å². The molecule has 1 aromatic rings. The van der Waals surface area contributed by atoms with Crippen molar-refractivity contribution in [3.05, 3.63) is 35.4 Å². The van der Waals surface area contributed by atoms with Crippen LogP contribution in [0.25, 0.3) is 0 Å². The Morgan fingerprint density at radius 1 is 1.25 bits per heavy atom. The van der Waals surface area contributed by atoms with Crippen LogP contribution in [0.4, 0.5) is 0 Å². The van der Waals surface area contributed by atoms with Crippen molar-refractivity contribution in [2.75, 3.05) is 6.54 Å². The fourth-order valence-corrected chi connectivity index (χ4v) is 3.75. The van der Waals surface area contributed by atoms with Crippen LogP contribution in [-0.2, 0) is 5.60 Å². The third-order valence-electron chi connectivity index (χ3n) is 4.52. The first-order valence-electron chi connectivity index (χ1n) is 6.29. The molecule has 0 radical (unpaired) electrons. The van der Waals surface area contributed by atoms with Crippen LogP contribution in [0.15, 0.2) is 24.3 Å². The van der Waals surface area contributed by atoms with Crippen molar-refractivity contribution < 1.29 is 5.11 Å². The molecule has 0 aliphatic heterocycles. The molecule has 3 atom stereocenters. The maximum atomic E-state index is 10.8. The Hall–Kier alpha value is -0.860. The third kappa shape index (κ3) is 1.20. The highest BCUT2D eigenvalue weighted by Crippen LogP contribution is 2.54. The average molecular weight is 217 g/mol. The van der Waals surface area contributed by atoms with Crippen LogP contribution in [0.5, 0.6) is 0 Å². The molecule has 3 N–H and O–H groups in total. The van der Waals surface area contributed by atoms with E-state index in [1.807, 2.05) is 6.07 Å². The number of hydrogen-bond donors (Lipinski definition) is 2. The Morgan fingerprint density at radius 2 is 2.00 bits per heavy atom. The van der Waals surface area contributed by atoms with Crippen molar-refractivity contribution in [2.24, 2.45) is 11.7 Å². The lowest BCUT2D eigenvalue weighted by Crippen LogP contribution is -2.41. The normalized spacial score (nSPS) is 36.9. The molecular formula is C14H19NO. The van der Waals surface area contributed by atoms with E-state index in [0.29, 0.717) is 18.4 Å². The molecule has 1 aromatic carbocycles. The molecule has 2 aliphatic rings. The van der Waals surface area contributed by atoms with Crippen LogP contribution in [0, 0.1) is 5.92 Å². The van der Waals surface area contributed by atoms with E-state index in [-0.39, 0.29) is 0 Å². The molecule has 0 saturated heterocycles. The second-order valence-corrected chi connectivity index (χ2v) is 5.21. The maximum Gasteiger partial charge on any atom is 0.105 e. The quantitative estimate of drug-likeness (QED) is 0.757. The summed E-state index contributed by atoms with van der Waals surface area (Å²) in [5.41, 5.74) is 7.52. The lowest BCUT2D eigenvalue weighted by Gasteiger charge is -2.35. The lowest BCUT2D eigenvalue weighted by atomic mass is 9.74. The number of rotatable bonds is 1. The first-order chi connectivity index (χ1) is 7.77. The molecule has 3 rings (SSSR count). The molecule has 0 aromatic heterocycles. The molecular weight excluding hydrogens is 198 g/mol. The van der Waals surface area contributed by atoms with E-state index in [4.69, 9.17) is 5.73 Å². The number of fused-ring (bicyclic) bond motifs is 3. The lowest BCUT2D eigenvalue weighted by molar-refractivity contribution is -0.0229. The molecule has 0 amide bonds. The van der Waals surface area contributed by atoms with Gasteiger partial charge in [-0.25, -0.2) is 0 Å². The van der Waals surface area contributed by atoms with E-state index in [1.165, 1.54) is 24.8 Å². The zero-order valence-corrected chi connectivity index (χ0v) is 9.52. The van der Waals surface area contributed by atoms with Gasteiger partial charge in [0, 0.05) is 6.54 Å². The largest absolute Gasteiger partial charge is 0.384 e. The first kappa shape index (κ1) is 10.3. The van der Waals surface area contributed by atoms with Gasteiger partial charge < -0.3 is 10.8 Å². The van der Waals surface area contributed by atoms with Crippen molar-refractivity contribution in [3.63, 3.8) is 0 Å². The fourth-order valence-electron chi connectivity index (χ4n) is 3.75. The van der Waals surface area contributed by atoms with E-state index >= 15 is 0 Å². The standard InChI is InChI=1S/C14H19NO/c15-9-14(16)12-7-3-1-5-10(12)11-6-2-4-8-13(11)14/h1,3,5,7,11,13,16H,2,4,6,8-9,15H2. The van der Waals surface area contributed by atoms with Gasteiger partial charge in [0.05, 0.1) is 0 Å². The minimum atomic E-state index is -0.762. The highest BCUT2D eigenvalue weighted by molar-refractivity contribution is 5.42. The Morgan fingerprint density at radius 3 is 2.81 bits per heavy atom. The number of aliphatic hydroxyl groups is 1. The van der Waals surface area contributed by atoms with Crippen molar-refractivity contribution in [1.82, 2.24) is 0 Å². The molecule has 16 heavy (non-hydrogen) atoms. The molecule has 0 spiro atoms. The van der Waals surface area contributed by atoms with Gasteiger partial charge in [-0.15, -0.1) is 0 Å². The van der Waals surface area contributed by atoms with Crippen LogP contribution in [-0.4, -0.2) is 11.7 Å². The van der Waals surface area contributed by atoms with Gasteiger partial charge in [0.25, 0.3) is 0 Å². The van der Waals surface area contributed by atoms with Crippen LogP contribution in [0.3, 0.4) is 0 Å². The van der Waals surface area contributed by atoms with Crippen LogP contribution < -0.4 is 5.73 Å². The monoisotopic (exact) mass is 217 g/mol. The zero-order chi connectivity index (χ0) is 11.2. The van der Waals surface area contributed by atoms with Gasteiger partial charge in [-0.05, 0) is 35.8 Å². The molecule has 0 heterocycles. The maximum absolute atomic E-state index is 10.8. The highest BCUT2D eigenvalue weighted by Gasteiger charge is 2.50. The van der Waals surface area contributed by atoms with Crippen molar-refractivity contribution in [1.29, 1.82) is 0 Å². The van der Waals surface area contributed by atoms with Crippen LogP contribution in [0.2, 0.25) is 0 Å². The third-order valence-corrected chi connectivity index (χ3v) is 4.52. The Labute approximate surface area is 96.5 Å². The average Bonchev–Trinajstić information content (AvgIpc) is 2.62. The predicted octanol–water partition coefficient (Wildman–Crippen LogP) is 2.12. The van der Waals surface area contributed by atoms with Gasteiger partial charge in [-0.3, -0.25) is 0 Å². The van der Waals surface area contributed by atoms with Crippen molar-refractivity contribution in [3.8, 4) is 0 Å². The van der Waals surface area contributed by atoms with Crippen molar-refractivity contribution in [2.45, 2.75) is 37.2 Å². The summed E-state index contributed by atoms with van der Waals surface area (Å²) < 4.78 is 0. The second kappa shape index (κ2) is 3.57.